The van der Waals surface area contributed by atoms with Crippen LogP contribution in [0.15, 0.2) is 12.2 Å². The van der Waals surface area contributed by atoms with E-state index in [0.29, 0.717) is 18.8 Å². The number of rotatable bonds is 5. The third-order valence-corrected chi connectivity index (χ3v) is 1.30. The molecule has 0 saturated heterocycles. The van der Waals surface area contributed by atoms with Gasteiger partial charge in [-0.05, 0) is 19.8 Å². The predicted octanol–water partition coefficient (Wildman–Crippen LogP) is 3.57. The van der Waals surface area contributed by atoms with Gasteiger partial charge in [-0.15, -0.1) is 0 Å². The third-order valence-electron chi connectivity index (χ3n) is 1.30. The molecule has 100 valence electrons. The number of aliphatic hydroxyl groups excluding tert-OH is 1. The number of carbonyl (C=O) groups is 1. The molecule has 3 nitrogen and oxygen atoms in total. The minimum Gasteiger partial charge on any atom is -0.462 e. The van der Waals surface area contributed by atoms with Crippen LogP contribution in [0, 0.1) is 0 Å². The number of ether oxygens (including phenoxy) is 1. The van der Waals surface area contributed by atoms with Crippen molar-refractivity contribution in [2.24, 2.45) is 0 Å². The van der Waals surface area contributed by atoms with Gasteiger partial charge >= 0.3 is 5.97 Å². The zero-order chi connectivity index (χ0) is 11.4. The van der Waals surface area contributed by atoms with Crippen molar-refractivity contribution in [2.45, 2.75) is 54.9 Å². The average molecular weight is 234 g/mol. The fourth-order valence-electron chi connectivity index (χ4n) is 0.432. The molecule has 0 aromatic rings. The Hall–Kier alpha value is -0.830. The van der Waals surface area contributed by atoms with E-state index in [1.54, 1.807) is 6.92 Å². The zero-order valence-corrected chi connectivity index (χ0v) is 9.51. The summed E-state index contributed by atoms with van der Waals surface area (Å²) < 4.78 is 4.81. The number of carbonyl (C=O) groups excluding carboxylic acids is 1. The zero-order valence-electron chi connectivity index (χ0n) is 9.51. The van der Waals surface area contributed by atoms with Gasteiger partial charge in [0.25, 0.3) is 0 Å². The second-order valence-electron chi connectivity index (χ2n) is 2.99. The van der Waals surface area contributed by atoms with Crippen molar-refractivity contribution in [2.75, 3.05) is 13.2 Å². The van der Waals surface area contributed by atoms with Gasteiger partial charge in [0.1, 0.15) is 0 Å². The predicted molar refractivity (Wildman–Crippen MR) is 71.5 cm³/mol. The van der Waals surface area contributed by atoms with Gasteiger partial charge in [0.2, 0.25) is 0 Å². The summed E-state index contributed by atoms with van der Waals surface area (Å²) in [5, 5.41) is 7.88. The van der Waals surface area contributed by atoms with Gasteiger partial charge in [0, 0.05) is 12.2 Å². The number of hydrogen-bond acceptors (Lipinski definition) is 3. The van der Waals surface area contributed by atoms with Gasteiger partial charge in [0.15, 0.2) is 0 Å². The standard InChI is InChI=1S/C8H14O2.C3H8O.2CH4/c1-4-5-6-10-8(9)7(2)3;1-2-3-4;;/h2,4-6H2,1,3H3;4H,2-3H2,1H3;2*1H4. The largest absolute Gasteiger partial charge is 0.462 e. The van der Waals surface area contributed by atoms with Gasteiger partial charge in [-0.25, -0.2) is 4.79 Å². The molecule has 0 bridgehead atoms. The summed E-state index contributed by atoms with van der Waals surface area (Å²) in [5.74, 6) is -0.284. The average Bonchev–Trinajstić information content (AvgIpc) is 2.18. The highest BCUT2D eigenvalue weighted by atomic mass is 16.5. The van der Waals surface area contributed by atoms with Crippen LogP contribution in [-0.2, 0) is 9.53 Å². The highest BCUT2D eigenvalue weighted by Gasteiger charge is 2.00. The van der Waals surface area contributed by atoms with E-state index in [1.807, 2.05) is 6.92 Å². The Morgan fingerprint density at radius 3 is 1.94 bits per heavy atom. The van der Waals surface area contributed by atoms with Crippen molar-refractivity contribution >= 4 is 5.97 Å². The van der Waals surface area contributed by atoms with Crippen molar-refractivity contribution in [3.8, 4) is 0 Å². The highest BCUT2D eigenvalue weighted by Crippen LogP contribution is 1.94. The minimum absolute atomic E-state index is 0. The molecule has 0 rings (SSSR count). The number of unbranched alkanes of at least 4 members (excludes halogenated alkanes) is 1. The highest BCUT2D eigenvalue weighted by molar-refractivity contribution is 5.86. The molecule has 3 heteroatoms. The van der Waals surface area contributed by atoms with Crippen LogP contribution in [0.25, 0.3) is 0 Å². The first-order valence-electron chi connectivity index (χ1n) is 5.03. The Kier molecular flexibility index (Phi) is 30.1. The molecule has 0 aliphatic heterocycles. The maximum atomic E-state index is 10.7. The Labute approximate surface area is 102 Å². The van der Waals surface area contributed by atoms with Crippen LogP contribution in [0.4, 0.5) is 0 Å². The first-order chi connectivity index (χ1) is 6.59. The summed E-state index contributed by atoms with van der Waals surface area (Å²) in [6.07, 6.45) is 2.85. The molecule has 0 spiro atoms. The molecule has 0 saturated carbocycles. The Morgan fingerprint density at radius 1 is 1.25 bits per heavy atom. The molecule has 0 unspecified atom stereocenters. The van der Waals surface area contributed by atoms with E-state index in [4.69, 9.17) is 9.84 Å². The van der Waals surface area contributed by atoms with Gasteiger partial charge in [0.05, 0.1) is 6.61 Å². The number of hydrogen-bond donors (Lipinski definition) is 1. The van der Waals surface area contributed by atoms with Crippen molar-refractivity contribution < 1.29 is 14.6 Å². The van der Waals surface area contributed by atoms with E-state index in [9.17, 15) is 4.79 Å². The molecule has 0 fully saturated rings. The molecule has 16 heavy (non-hydrogen) atoms. The summed E-state index contributed by atoms with van der Waals surface area (Å²) >= 11 is 0. The molecule has 1 N–H and O–H groups in total. The fourth-order valence-corrected chi connectivity index (χ4v) is 0.432. The molecule has 0 aromatic heterocycles. The van der Waals surface area contributed by atoms with Gasteiger partial charge in [-0.3, -0.25) is 0 Å². The lowest BCUT2D eigenvalue weighted by Crippen LogP contribution is -2.05. The van der Waals surface area contributed by atoms with E-state index in [-0.39, 0.29) is 20.8 Å². The van der Waals surface area contributed by atoms with Gasteiger partial charge in [-0.2, -0.15) is 0 Å². The Morgan fingerprint density at radius 2 is 1.69 bits per heavy atom. The molecule has 0 heterocycles. The SMILES string of the molecule is C.C.C=C(C)C(=O)OCCCC.CCCO. The van der Waals surface area contributed by atoms with Crippen LogP contribution in [0.5, 0.6) is 0 Å². The van der Waals surface area contributed by atoms with E-state index in [0.717, 1.165) is 19.3 Å². The molecule has 0 atom stereocenters. The number of aliphatic hydroxyl groups is 1. The summed E-state index contributed by atoms with van der Waals surface area (Å²) in [6, 6.07) is 0. The number of esters is 1. The topological polar surface area (TPSA) is 46.5 Å². The van der Waals surface area contributed by atoms with Crippen molar-refractivity contribution in [1.29, 1.82) is 0 Å². The van der Waals surface area contributed by atoms with Crippen LogP contribution in [0.1, 0.15) is 54.9 Å². The first kappa shape index (κ1) is 24.4. The summed E-state index contributed by atoms with van der Waals surface area (Å²) in [5.41, 5.74) is 0.469. The molecular formula is C13H30O3. The van der Waals surface area contributed by atoms with E-state index in [2.05, 4.69) is 13.5 Å². The normalized spacial score (nSPS) is 7.50. The van der Waals surface area contributed by atoms with Crippen molar-refractivity contribution in [3.63, 3.8) is 0 Å². The van der Waals surface area contributed by atoms with E-state index in [1.165, 1.54) is 0 Å². The molecular weight excluding hydrogens is 204 g/mol. The van der Waals surface area contributed by atoms with Gasteiger partial charge < -0.3 is 9.84 Å². The Balaban J connectivity index is -0.000000105. The second-order valence-corrected chi connectivity index (χ2v) is 2.99. The summed E-state index contributed by atoms with van der Waals surface area (Å²) in [6.45, 7) is 9.92. The molecule has 0 radical (unpaired) electrons. The van der Waals surface area contributed by atoms with Crippen LogP contribution in [0.2, 0.25) is 0 Å². The molecule has 0 aliphatic rings. The van der Waals surface area contributed by atoms with Crippen LogP contribution >= 0.6 is 0 Å². The quantitative estimate of drug-likeness (QED) is 0.449. The van der Waals surface area contributed by atoms with Crippen LogP contribution < -0.4 is 0 Å². The fraction of sp³-hybridized carbons (Fsp3) is 0.769. The molecule has 0 aromatic carbocycles. The maximum Gasteiger partial charge on any atom is 0.333 e. The van der Waals surface area contributed by atoms with Crippen LogP contribution in [-0.4, -0.2) is 24.3 Å². The monoisotopic (exact) mass is 234 g/mol. The lowest BCUT2D eigenvalue weighted by Gasteiger charge is -2.01. The maximum absolute atomic E-state index is 10.7. The van der Waals surface area contributed by atoms with Crippen molar-refractivity contribution in [3.05, 3.63) is 12.2 Å². The second kappa shape index (κ2) is 19.7. The first-order valence-corrected chi connectivity index (χ1v) is 5.03. The molecule has 0 aliphatic carbocycles. The Bertz CT molecular complexity index is 151. The van der Waals surface area contributed by atoms with E-state index >= 15 is 0 Å². The van der Waals surface area contributed by atoms with Crippen LogP contribution in [0.3, 0.4) is 0 Å². The molecule has 0 amide bonds. The van der Waals surface area contributed by atoms with E-state index < -0.39 is 0 Å². The summed E-state index contributed by atoms with van der Waals surface area (Å²) in [4.78, 5) is 10.7. The van der Waals surface area contributed by atoms with Gasteiger partial charge in [-0.1, -0.05) is 41.7 Å². The smallest absolute Gasteiger partial charge is 0.333 e. The lowest BCUT2D eigenvalue weighted by atomic mass is 10.3. The summed E-state index contributed by atoms with van der Waals surface area (Å²) in [7, 11) is 0. The minimum atomic E-state index is -0.284. The lowest BCUT2D eigenvalue weighted by molar-refractivity contribution is -0.139. The third kappa shape index (κ3) is 23.2. The van der Waals surface area contributed by atoms with Crippen molar-refractivity contribution in [1.82, 2.24) is 0 Å².